The van der Waals surface area contributed by atoms with E-state index in [0.717, 1.165) is 44.7 Å². The van der Waals surface area contributed by atoms with Crippen molar-refractivity contribution >= 4 is 39.3 Å². The Morgan fingerprint density at radius 1 is 1.00 bits per heavy atom. The van der Waals surface area contributed by atoms with E-state index in [2.05, 4.69) is 38.1 Å². The van der Waals surface area contributed by atoms with Crippen molar-refractivity contribution in [2.75, 3.05) is 11.9 Å². The molecule has 3 aromatic carbocycles. The molecule has 0 aliphatic heterocycles. The fourth-order valence-corrected chi connectivity index (χ4v) is 3.83. The molecule has 2 heterocycles. The number of pyridine rings is 1. The van der Waals surface area contributed by atoms with Gasteiger partial charge in [0.25, 0.3) is 0 Å². The van der Waals surface area contributed by atoms with E-state index < -0.39 is 0 Å². The molecule has 5 aromatic rings. The summed E-state index contributed by atoms with van der Waals surface area (Å²) in [4.78, 5) is 21.3. The van der Waals surface area contributed by atoms with Crippen LogP contribution in [0.2, 0.25) is 0 Å². The van der Waals surface area contributed by atoms with Crippen LogP contribution in [0, 0.1) is 6.92 Å². The number of carbonyl (C=O) groups excluding carboxylic acids is 1. The average molecular weight is 422 g/mol. The Bertz CT molecular complexity index is 1440. The second-order valence-corrected chi connectivity index (χ2v) is 7.54. The first-order valence-corrected chi connectivity index (χ1v) is 10.5. The van der Waals surface area contributed by atoms with Crippen LogP contribution in [0.15, 0.2) is 79.1 Å². The molecule has 0 aliphatic carbocycles. The Kier molecular flexibility index (Phi) is 5.03. The van der Waals surface area contributed by atoms with Crippen LogP contribution >= 0.6 is 0 Å². The third-order valence-corrected chi connectivity index (χ3v) is 5.33. The number of fused-ring (bicyclic) bond motifs is 2. The summed E-state index contributed by atoms with van der Waals surface area (Å²) in [6.07, 6.45) is 1.84. The quantitative estimate of drug-likeness (QED) is 0.362. The van der Waals surface area contributed by atoms with Crippen molar-refractivity contribution in [2.24, 2.45) is 0 Å². The fraction of sp³-hybridized carbons (Fsp3) is 0.115. The molecule has 0 aliphatic rings. The van der Waals surface area contributed by atoms with Crippen molar-refractivity contribution in [3.05, 3.63) is 90.4 Å². The molecule has 6 nitrogen and oxygen atoms in total. The fourth-order valence-electron chi connectivity index (χ4n) is 3.83. The minimum absolute atomic E-state index is 0.335. The summed E-state index contributed by atoms with van der Waals surface area (Å²) in [6.45, 7) is 4.09. The van der Waals surface area contributed by atoms with Gasteiger partial charge in [0.05, 0.1) is 28.7 Å². The number of aromatic nitrogens is 3. The molecule has 0 saturated carbocycles. The number of rotatable bonds is 5. The SMILES string of the molecule is CCOC(=O)c1ccc2nc(C)cc(Nc3ccc(-n4cnc5ccccc54)cc3)c2c1. The molecule has 0 spiro atoms. The Labute approximate surface area is 185 Å². The number of aryl methyl sites for hydroxylation is 1. The van der Waals surface area contributed by atoms with Gasteiger partial charge in [-0.25, -0.2) is 9.78 Å². The van der Waals surface area contributed by atoms with Crippen LogP contribution in [0.4, 0.5) is 11.4 Å². The van der Waals surface area contributed by atoms with E-state index in [4.69, 9.17) is 4.74 Å². The molecule has 158 valence electrons. The predicted octanol–water partition coefficient (Wildman–Crippen LogP) is 5.80. The molecule has 0 fully saturated rings. The molecule has 2 aromatic heterocycles. The number of para-hydroxylation sites is 2. The monoisotopic (exact) mass is 422 g/mol. The summed E-state index contributed by atoms with van der Waals surface area (Å²) < 4.78 is 7.22. The lowest BCUT2D eigenvalue weighted by atomic mass is 10.1. The molecule has 0 radical (unpaired) electrons. The van der Waals surface area contributed by atoms with Crippen LogP contribution in [-0.4, -0.2) is 27.1 Å². The van der Waals surface area contributed by atoms with Gasteiger partial charge < -0.3 is 10.1 Å². The molecule has 0 unspecified atom stereocenters. The highest BCUT2D eigenvalue weighted by atomic mass is 16.5. The van der Waals surface area contributed by atoms with Gasteiger partial charge >= 0.3 is 5.97 Å². The number of nitrogens with zero attached hydrogens (tertiary/aromatic N) is 3. The summed E-state index contributed by atoms with van der Waals surface area (Å²) in [6, 6.07) is 23.6. The molecule has 0 saturated heterocycles. The van der Waals surface area contributed by atoms with Crippen molar-refractivity contribution in [1.29, 1.82) is 0 Å². The molecule has 0 amide bonds. The van der Waals surface area contributed by atoms with Crippen molar-refractivity contribution in [3.8, 4) is 5.69 Å². The largest absolute Gasteiger partial charge is 0.462 e. The molecular weight excluding hydrogens is 400 g/mol. The van der Waals surface area contributed by atoms with Gasteiger partial charge in [-0.15, -0.1) is 0 Å². The van der Waals surface area contributed by atoms with Crippen LogP contribution in [0.1, 0.15) is 23.0 Å². The number of imidazole rings is 1. The van der Waals surface area contributed by atoms with Gasteiger partial charge in [0.1, 0.15) is 6.33 Å². The normalized spacial score (nSPS) is 11.1. The minimum atomic E-state index is -0.335. The zero-order valence-corrected chi connectivity index (χ0v) is 17.9. The van der Waals surface area contributed by atoms with Crippen molar-refractivity contribution < 1.29 is 9.53 Å². The van der Waals surface area contributed by atoms with E-state index in [0.29, 0.717) is 12.2 Å². The molecule has 6 heteroatoms. The van der Waals surface area contributed by atoms with E-state index in [1.54, 1.807) is 13.0 Å². The lowest BCUT2D eigenvalue weighted by Crippen LogP contribution is -2.05. The number of benzene rings is 3. The predicted molar refractivity (Wildman–Crippen MR) is 127 cm³/mol. The molecule has 1 N–H and O–H groups in total. The zero-order valence-electron chi connectivity index (χ0n) is 17.9. The first-order valence-electron chi connectivity index (χ1n) is 10.5. The highest BCUT2D eigenvalue weighted by molar-refractivity contribution is 5.99. The first kappa shape index (κ1) is 19.8. The second kappa shape index (κ2) is 8.15. The standard InChI is InChI=1S/C26H22N4O2/c1-3-32-26(31)18-8-13-22-21(15-18)24(14-17(2)28-22)29-19-9-11-20(12-10-19)30-16-27-23-6-4-5-7-25(23)30/h4-16H,3H2,1-2H3,(H,28,29). The van der Waals surface area contributed by atoms with Crippen molar-refractivity contribution in [2.45, 2.75) is 13.8 Å². The van der Waals surface area contributed by atoms with Crippen LogP contribution in [0.3, 0.4) is 0 Å². The van der Waals surface area contributed by atoms with E-state index in [1.807, 2.05) is 61.8 Å². The summed E-state index contributed by atoms with van der Waals surface area (Å²) in [5.41, 5.74) is 7.11. The zero-order chi connectivity index (χ0) is 22.1. The van der Waals surface area contributed by atoms with Crippen molar-refractivity contribution in [3.63, 3.8) is 0 Å². The summed E-state index contributed by atoms with van der Waals surface area (Å²) in [7, 11) is 0. The summed E-state index contributed by atoms with van der Waals surface area (Å²) in [5.74, 6) is -0.335. The van der Waals surface area contributed by atoms with E-state index >= 15 is 0 Å². The number of anilines is 2. The maximum Gasteiger partial charge on any atom is 0.338 e. The summed E-state index contributed by atoms with van der Waals surface area (Å²) >= 11 is 0. The van der Waals surface area contributed by atoms with Crippen LogP contribution < -0.4 is 5.32 Å². The molecule has 0 atom stereocenters. The van der Waals surface area contributed by atoms with Gasteiger partial charge in [0.2, 0.25) is 0 Å². The maximum atomic E-state index is 12.2. The topological polar surface area (TPSA) is 69.0 Å². The average Bonchev–Trinajstić information content (AvgIpc) is 3.24. The Morgan fingerprint density at radius 3 is 2.62 bits per heavy atom. The van der Waals surface area contributed by atoms with Gasteiger partial charge in [-0.2, -0.15) is 0 Å². The highest BCUT2D eigenvalue weighted by Crippen LogP contribution is 2.28. The van der Waals surface area contributed by atoms with Crippen LogP contribution in [0.25, 0.3) is 27.6 Å². The third kappa shape index (κ3) is 3.67. The summed E-state index contributed by atoms with van der Waals surface area (Å²) in [5, 5.41) is 4.35. The molecule has 0 bridgehead atoms. The second-order valence-electron chi connectivity index (χ2n) is 7.54. The van der Waals surface area contributed by atoms with E-state index in [-0.39, 0.29) is 5.97 Å². The lowest BCUT2D eigenvalue weighted by Gasteiger charge is -2.13. The van der Waals surface area contributed by atoms with E-state index in [1.165, 1.54) is 0 Å². The number of ether oxygens (including phenoxy) is 1. The Hall–Kier alpha value is -4.19. The van der Waals surface area contributed by atoms with Crippen molar-refractivity contribution in [1.82, 2.24) is 14.5 Å². The number of hydrogen-bond acceptors (Lipinski definition) is 5. The number of esters is 1. The molecule has 32 heavy (non-hydrogen) atoms. The third-order valence-electron chi connectivity index (χ3n) is 5.33. The van der Waals surface area contributed by atoms with Gasteiger partial charge in [0.15, 0.2) is 0 Å². The van der Waals surface area contributed by atoms with Crippen LogP contribution in [-0.2, 0) is 4.74 Å². The lowest BCUT2D eigenvalue weighted by molar-refractivity contribution is 0.0526. The number of carbonyl (C=O) groups is 1. The Balaban J connectivity index is 1.48. The van der Waals surface area contributed by atoms with Gasteiger partial charge in [-0.3, -0.25) is 9.55 Å². The number of hydrogen-bond donors (Lipinski definition) is 1. The minimum Gasteiger partial charge on any atom is -0.462 e. The smallest absolute Gasteiger partial charge is 0.338 e. The Morgan fingerprint density at radius 2 is 1.81 bits per heavy atom. The molecular formula is C26H22N4O2. The number of nitrogens with one attached hydrogen (secondary N) is 1. The van der Waals surface area contributed by atoms with Gasteiger partial charge in [-0.1, -0.05) is 12.1 Å². The van der Waals surface area contributed by atoms with Gasteiger partial charge in [0, 0.05) is 28.1 Å². The first-order chi connectivity index (χ1) is 15.6. The van der Waals surface area contributed by atoms with E-state index in [9.17, 15) is 4.79 Å². The highest BCUT2D eigenvalue weighted by Gasteiger charge is 2.11. The maximum absolute atomic E-state index is 12.2. The molecule has 5 rings (SSSR count). The van der Waals surface area contributed by atoms with Crippen LogP contribution in [0.5, 0.6) is 0 Å². The van der Waals surface area contributed by atoms with Gasteiger partial charge in [-0.05, 0) is 74.5 Å².